The fourth-order valence-corrected chi connectivity index (χ4v) is 0.963. The summed E-state index contributed by atoms with van der Waals surface area (Å²) < 4.78 is 0. The van der Waals surface area contributed by atoms with Gasteiger partial charge in [0, 0.05) is 12.4 Å². The van der Waals surface area contributed by atoms with E-state index in [0.717, 1.165) is 25.2 Å². The summed E-state index contributed by atoms with van der Waals surface area (Å²) in [5, 5.41) is 3.25. The second-order valence-corrected chi connectivity index (χ2v) is 2.67. The first kappa shape index (κ1) is 9.86. The van der Waals surface area contributed by atoms with E-state index in [1.807, 2.05) is 6.08 Å². The van der Waals surface area contributed by atoms with E-state index < -0.39 is 0 Å². The van der Waals surface area contributed by atoms with Crippen LogP contribution in [-0.2, 0) is 0 Å². The summed E-state index contributed by atoms with van der Waals surface area (Å²) in [5.41, 5.74) is 0.916. The minimum Gasteiger partial charge on any atom is -0.317 e. The van der Waals surface area contributed by atoms with E-state index in [0.29, 0.717) is 0 Å². The molecule has 3 nitrogen and oxygen atoms in total. The molecule has 0 aliphatic carbocycles. The fourth-order valence-electron chi connectivity index (χ4n) is 0.963. The van der Waals surface area contributed by atoms with Gasteiger partial charge < -0.3 is 5.32 Å². The lowest BCUT2D eigenvalue weighted by Gasteiger charge is -1.95. The van der Waals surface area contributed by atoms with Crippen LogP contribution in [0.4, 0.5) is 0 Å². The SMILES string of the molecule is CCNCCC=Cc1cnccn1. The molecule has 1 heterocycles. The van der Waals surface area contributed by atoms with Gasteiger partial charge in [-0.2, -0.15) is 0 Å². The van der Waals surface area contributed by atoms with E-state index in [4.69, 9.17) is 0 Å². The molecule has 0 unspecified atom stereocenters. The zero-order chi connectivity index (χ0) is 9.36. The van der Waals surface area contributed by atoms with Gasteiger partial charge >= 0.3 is 0 Å². The van der Waals surface area contributed by atoms with E-state index in [9.17, 15) is 0 Å². The highest BCUT2D eigenvalue weighted by molar-refractivity contribution is 5.42. The first-order chi connectivity index (χ1) is 6.43. The molecule has 0 saturated heterocycles. The molecule has 0 aromatic carbocycles. The van der Waals surface area contributed by atoms with Gasteiger partial charge in [0.2, 0.25) is 0 Å². The first-order valence-corrected chi connectivity index (χ1v) is 4.56. The molecule has 0 spiro atoms. The smallest absolute Gasteiger partial charge is 0.0809 e. The highest BCUT2D eigenvalue weighted by Gasteiger charge is 1.84. The summed E-state index contributed by atoms with van der Waals surface area (Å²) in [6.45, 7) is 4.15. The van der Waals surface area contributed by atoms with Crippen LogP contribution in [0.15, 0.2) is 24.7 Å². The lowest BCUT2D eigenvalue weighted by Crippen LogP contribution is -2.12. The molecule has 0 aliphatic heterocycles. The Balaban J connectivity index is 2.25. The van der Waals surface area contributed by atoms with Crippen molar-refractivity contribution >= 4 is 6.08 Å². The van der Waals surface area contributed by atoms with Crippen molar-refractivity contribution in [2.75, 3.05) is 13.1 Å². The summed E-state index contributed by atoms with van der Waals surface area (Å²) in [6, 6.07) is 0. The van der Waals surface area contributed by atoms with Crippen LogP contribution in [0.2, 0.25) is 0 Å². The molecule has 0 radical (unpaired) electrons. The van der Waals surface area contributed by atoms with Gasteiger partial charge in [0.1, 0.15) is 0 Å². The van der Waals surface area contributed by atoms with Crippen LogP contribution in [0, 0.1) is 0 Å². The number of hydrogen-bond donors (Lipinski definition) is 1. The topological polar surface area (TPSA) is 37.8 Å². The molecule has 0 fully saturated rings. The highest BCUT2D eigenvalue weighted by atomic mass is 14.8. The molecule has 0 saturated carbocycles. The van der Waals surface area contributed by atoms with Gasteiger partial charge in [-0.05, 0) is 25.6 Å². The number of nitrogens with zero attached hydrogens (tertiary/aromatic N) is 2. The van der Waals surface area contributed by atoms with Gasteiger partial charge in [0.15, 0.2) is 0 Å². The molecular weight excluding hydrogens is 162 g/mol. The summed E-state index contributed by atoms with van der Waals surface area (Å²) in [4.78, 5) is 8.10. The number of nitrogens with one attached hydrogen (secondary N) is 1. The second-order valence-electron chi connectivity index (χ2n) is 2.67. The van der Waals surface area contributed by atoms with E-state index in [-0.39, 0.29) is 0 Å². The molecule has 13 heavy (non-hydrogen) atoms. The second kappa shape index (κ2) is 6.31. The molecule has 0 bridgehead atoms. The normalized spacial score (nSPS) is 10.8. The van der Waals surface area contributed by atoms with E-state index in [1.165, 1.54) is 0 Å². The van der Waals surface area contributed by atoms with Gasteiger partial charge in [0.25, 0.3) is 0 Å². The Morgan fingerprint density at radius 2 is 2.38 bits per heavy atom. The average Bonchev–Trinajstić information content (AvgIpc) is 2.19. The Kier molecular flexibility index (Phi) is 4.79. The van der Waals surface area contributed by atoms with Crippen molar-refractivity contribution in [1.29, 1.82) is 0 Å². The van der Waals surface area contributed by atoms with Crippen LogP contribution in [0.3, 0.4) is 0 Å². The van der Waals surface area contributed by atoms with Crippen molar-refractivity contribution in [1.82, 2.24) is 15.3 Å². The van der Waals surface area contributed by atoms with Crippen molar-refractivity contribution in [3.63, 3.8) is 0 Å². The highest BCUT2D eigenvalue weighted by Crippen LogP contribution is 1.94. The van der Waals surface area contributed by atoms with Crippen LogP contribution < -0.4 is 5.32 Å². The molecule has 1 N–H and O–H groups in total. The Hall–Kier alpha value is -1.22. The van der Waals surface area contributed by atoms with E-state index >= 15 is 0 Å². The molecular formula is C10H15N3. The van der Waals surface area contributed by atoms with Crippen LogP contribution in [0.1, 0.15) is 19.0 Å². The number of rotatable bonds is 5. The predicted octanol–water partition coefficient (Wildman–Crippen LogP) is 1.49. The third-order valence-corrected chi connectivity index (χ3v) is 1.61. The maximum Gasteiger partial charge on any atom is 0.0809 e. The maximum atomic E-state index is 4.13. The molecule has 1 rings (SSSR count). The molecule has 0 amide bonds. The van der Waals surface area contributed by atoms with Crippen LogP contribution >= 0.6 is 0 Å². The number of hydrogen-bond acceptors (Lipinski definition) is 3. The van der Waals surface area contributed by atoms with Gasteiger partial charge in [0.05, 0.1) is 11.9 Å². The quantitative estimate of drug-likeness (QED) is 0.692. The molecule has 70 valence electrons. The van der Waals surface area contributed by atoms with Crippen molar-refractivity contribution in [2.24, 2.45) is 0 Å². The third kappa shape index (κ3) is 4.38. The Labute approximate surface area is 78.9 Å². The minimum atomic E-state index is 0.916. The fraction of sp³-hybridized carbons (Fsp3) is 0.400. The van der Waals surface area contributed by atoms with Crippen LogP contribution in [-0.4, -0.2) is 23.1 Å². The van der Waals surface area contributed by atoms with Crippen LogP contribution in [0.5, 0.6) is 0 Å². The van der Waals surface area contributed by atoms with Gasteiger partial charge in [-0.3, -0.25) is 9.97 Å². The largest absolute Gasteiger partial charge is 0.317 e. The Morgan fingerprint density at radius 1 is 1.46 bits per heavy atom. The Bertz CT molecular complexity index is 244. The summed E-state index contributed by atoms with van der Waals surface area (Å²) in [7, 11) is 0. The first-order valence-electron chi connectivity index (χ1n) is 4.56. The summed E-state index contributed by atoms with van der Waals surface area (Å²) in [5.74, 6) is 0. The van der Waals surface area contributed by atoms with Crippen LogP contribution in [0.25, 0.3) is 6.08 Å². The standard InChI is InChI=1S/C10H15N3/c1-2-11-6-4-3-5-10-9-12-7-8-13-10/h3,5,7-9,11H,2,4,6H2,1H3. The predicted molar refractivity (Wildman–Crippen MR) is 54.2 cm³/mol. The van der Waals surface area contributed by atoms with E-state index in [1.54, 1.807) is 18.6 Å². The average molecular weight is 177 g/mol. The van der Waals surface area contributed by atoms with Crippen molar-refractivity contribution in [3.05, 3.63) is 30.4 Å². The van der Waals surface area contributed by atoms with Gasteiger partial charge in [-0.1, -0.05) is 13.0 Å². The molecule has 3 heteroatoms. The maximum absolute atomic E-state index is 4.13. The molecule has 0 aliphatic rings. The minimum absolute atomic E-state index is 0.916. The number of aromatic nitrogens is 2. The molecule has 1 aromatic heterocycles. The summed E-state index contributed by atoms with van der Waals surface area (Å²) in [6.07, 6.45) is 10.3. The van der Waals surface area contributed by atoms with Gasteiger partial charge in [-0.15, -0.1) is 0 Å². The molecule has 0 atom stereocenters. The van der Waals surface area contributed by atoms with Crippen molar-refractivity contribution in [3.8, 4) is 0 Å². The van der Waals surface area contributed by atoms with Crippen molar-refractivity contribution < 1.29 is 0 Å². The summed E-state index contributed by atoms with van der Waals surface area (Å²) >= 11 is 0. The van der Waals surface area contributed by atoms with E-state index in [2.05, 4.69) is 28.3 Å². The Morgan fingerprint density at radius 3 is 3.08 bits per heavy atom. The van der Waals surface area contributed by atoms with Gasteiger partial charge in [-0.25, -0.2) is 0 Å². The third-order valence-electron chi connectivity index (χ3n) is 1.61. The lowest BCUT2D eigenvalue weighted by molar-refractivity contribution is 0.727. The zero-order valence-corrected chi connectivity index (χ0v) is 7.90. The lowest BCUT2D eigenvalue weighted by atomic mass is 10.3. The molecule has 1 aromatic rings. The van der Waals surface area contributed by atoms with Crippen molar-refractivity contribution in [2.45, 2.75) is 13.3 Å². The monoisotopic (exact) mass is 177 g/mol. The zero-order valence-electron chi connectivity index (χ0n) is 7.90.